The number of aromatic nitrogens is 1. The maximum absolute atomic E-state index is 4.43. The highest BCUT2D eigenvalue weighted by molar-refractivity contribution is 5.40. The highest BCUT2D eigenvalue weighted by atomic mass is 15.2. The molecule has 0 spiro atoms. The van der Waals surface area contributed by atoms with E-state index < -0.39 is 0 Å². The third kappa shape index (κ3) is 4.00. The highest BCUT2D eigenvalue weighted by Crippen LogP contribution is 2.20. The fraction of sp³-hybridized carbons (Fsp3) is 0.643. The topological polar surface area (TPSA) is 28.2 Å². The molecule has 1 saturated carbocycles. The normalized spacial score (nSPS) is 15.3. The first-order valence-electron chi connectivity index (χ1n) is 6.54. The zero-order valence-electron chi connectivity index (χ0n) is 11.1. The predicted octanol–water partition coefficient (Wildman–Crippen LogP) is 2.43. The maximum atomic E-state index is 4.43. The molecule has 0 atom stereocenters. The van der Waals surface area contributed by atoms with Crippen molar-refractivity contribution in [2.75, 3.05) is 18.5 Å². The monoisotopic (exact) mass is 233 g/mol. The third-order valence-corrected chi connectivity index (χ3v) is 3.01. The number of rotatable bonds is 6. The van der Waals surface area contributed by atoms with E-state index in [1.165, 1.54) is 18.4 Å². The van der Waals surface area contributed by atoms with Gasteiger partial charge in [0, 0.05) is 32.4 Å². The van der Waals surface area contributed by atoms with Crippen LogP contribution in [-0.4, -0.2) is 24.6 Å². The highest BCUT2D eigenvalue weighted by Gasteiger charge is 2.19. The molecule has 0 bridgehead atoms. The van der Waals surface area contributed by atoms with Crippen molar-refractivity contribution < 1.29 is 0 Å². The van der Waals surface area contributed by atoms with Gasteiger partial charge >= 0.3 is 0 Å². The largest absolute Gasteiger partial charge is 0.359 e. The Morgan fingerprint density at radius 3 is 2.88 bits per heavy atom. The van der Waals surface area contributed by atoms with Crippen molar-refractivity contribution in [3.63, 3.8) is 0 Å². The number of nitrogens with one attached hydrogen (secondary N) is 1. The summed E-state index contributed by atoms with van der Waals surface area (Å²) >= 11 is 0. The molecule has 1 heterocycles. The Hall–Kier alpha value is -1.09. The van der Waals surface area contributed by atoms with Gasteiger partial charge in [0.05, 0.1) is 0 Å². The van der Waals surface area contributed by atoms with Crippen LogP contribution in [0.15, 0.2) is 18.3 Å². The lowest BCUT2D eigenvalue weighted by atomic mass is 10.2. The van der Waals surface area contributed by atoms with Gasteiger partial charge in [-0.3, -0.25) is 0 Å². The van der Waals surface area contributed by atoms with Crippen LogP contribution in [0, 0.1) is 5.92 Å². The molecule has 0 unspecified atom stereocenters. The zero-order valence-corrected chi connectivity index (χ0v) is 11.1. The van der Waals surface area contributed by atoms with Gasteiger partial charge in [-0.1, -0.05) is 13.8 Å². The SMILES string of the molecule is CC(C)CN(C)c1cc(CNC2CC2)ccn1. The van der Waals surface area contributed by atoms with E-state index in [-0.39, 0.29) is 0 Å². The molecule has 1 aliphatic rings. The molecule has 2 rings (SSSR count). The summed E-state index contributed by atoms with van der Waals surface area (Å²) in [5.41, 5.74) is 1.33. The van der Waals surface area contributed by atoms with E-state index in [9.17, 15) is 0 Å². The molecule has 0 aliphatic heterocycles. The van der Waals surface area contributed by atoms with Gasteiger partial charge < -0.3 is 10.2 Å². The Morgan fingerprint density at radius 1 is 1.47 bits per heavy atom. The molecule has 17 heavy (non-hydrogen) atoms. The lowest BCUT2D eigenvalue weighted by Gasteiger charge is -2.20. The summed E-state index contributed by atoms with van der Waals surface area (Å²) in [6.45, 7) is 6.48. The van der Waals surface area contributed by atoms with Crippen molar-refractivity contribution in [3.05, 3.63) is 23.9 Å². The summed E-state index contributed by atoms with van der Waals surface area (Å²) in [5.74, 6) is 1.74. The van der Waals surface area contributed by atoms with Crippen molar-refractivity contribution in [2.24, 2.45) is 5.92 Å². The van der Waals surface area contributed by atoms with E-state index in [4.69, 9.17) is 0 Å². The summed E-state index contributed by atoms with van der Waals surface area (Å²) in [5, 5.41) is 3.53. The van der Waals surface area contributed by atoms with Gasteiger partial charge in [-0.2, -0.15) is 0 Å². The molecule has 1 fully saturated rings. The van der Waals surface area contributed by atoms with Crippen LogP contribution < -0.4 is 10.2 Å². The number of nitrogens with zero attached hydrogens (tertiary/aromatic N) is 2. The first kappa shape index (κ1) is 12.4. The first-order chi connectivity index (χ1) is 8.15. The van der Waals surface area contributed by atoms with Crippen LogP contribution in [0.1, 0.15) is 32.3 Å². The van der Waals surface area contributed by atoms with Crippen LogP contribution in [0.25, 0.3) is 0 Å². The summed E-state index contributed by atoms with van der Waals surface area (Å²) in [6.07, 6.45) is 4.59. The minimum absolute atomic E-state index is 0.662. The number of pyridine rings is 1. The van der Waals surface area contributed by atoms with E-state index in [0.717, 1.165) is 24.9 Å². The Labute approximate surface area is 104 Å². The minimum Gasteiger partial charge on any atom is -0.359 e. The zero-order chi connectivity index (χ0) is 12.3. The molecule has 3 heteroatoms. The van der Waals surface area contributed by atoms with E-state index in [1.807, 2.05) is 6.20 Å². The van der Waals surface area contributed by atoms with E-state index in [2.05, 4.69) is 48.2 Å². The van der Waals surface area contributed by atoms with Crippen LogP contribution in [0.5, 0.6) is 0 Å². The number of anilines is 1. The second kappa shape index (κ2) is 5.50. The fourth-order valence-corrected chi connectivity index (χ4v) is 1.97. The molecule has 1 aromatic heterocycles. The lowest BCUT2D eigenvalue weighted by molar-refractivity contribution is 0.633. The molecule has 94 valence electrons. The van der Waals surface area contributed by atoms with Gasteiger partial charge in [0.1, 0.15) is 5.82 Å². The Kier molecular flexibility index (Phi) is 4.00. The molecular weight excluding hydrogens is 210 g/mol. The maximum Gasteiger partial charge on any atom is 0.128 e. The standard InChI is InChI=1S/C14H23N3/c1-11(2)10-17(3)14-8-12(6-7-15-14)9-16-13-4-5-13/h6-8,11,13,16H,4-5,9-10H2,1-3H3. The molecule has 0 saturated heterocycles. The summed E-state index contributed by atoms with van der Waals surface area (Å²) < 4.78 is 0. The number of hydrogen-bond acceptors (Lipinski definition) is 3. The van der Waals surface area contributed by atoms with Crippen LogP contribution in [-0.2, 0) is 6.54 Å². The molecule has 0 radical (unpaired) electrons. The van der Waals surface area contributed by atoms with E-state index in [0.29, 0.717) is 5.92 Å². The third-order valence-electron chi connectivity index (χ3n) is 3.01. The van der Waals surface area contributed by atoms with Crippen molar-refractivity contribution in [1.29, 1.82) is 0 Å². The predicted molar refractivity (Wildman–Crippen MR) is 72.2 cm³/mol. The molecule has 1 aromatic rings. The van der Waals surface area contributed by atoms with Gasteiger partial charge in [0.2, 0.25) is 0 Å². The molecule has 0 aromatic carbocycles. The van der Waals surface area contributed by atoms with Crippen molar-refractivity contribution in [2.45, 2.75) is 39.3 Å². The Bertz CT molecular complexity index is 358. The second-order valence-corrected chi connectivity index (χ2v) is 5.45. The molecule has 3 nitrogen and oxygen atoms in total. The van der Waals surface area contributed by atoms with Gasteiger partial charge in [-0.25, -0.2) is 4.98 Å². The summed E-state index contributed by atoms with van der Waals surface area (Å²) in [6, 6.07) is 5.06. The van der Waals surface area contributed by atoms with Crippen molar-refractivity contribution in [3.8, 4) is 0 Å². The van der Waals surface area contributed by atoms with Crippen molar-refractivity contribution >= 4 is 5.82 Å². The van der Waals surface area contributed by atoms with Crippen LogP contribution in [0.3, 0.4) is 0 Å². The quantitative estimate of drug-likeness (QED) is 0.818. The summed E-state index contributed by atoms with van der Waals surface area (Å²) in [4.78, 5) is 6.66. The fourth-order valence-electron chi connectivity index (χ4n) is 1.97. The molecule has 1 aliphatic carbocycles. The molecule has 0 amide bonds. The average molecular weight is 233 g/mol. The van der Waals surface area contributed by atoms with E-state index >= 15 is 0 Å². The van der Waals surface area contributed by atoms with Gasteiger partial charge in [-0.15, -0.1) is 0 Å². The molecular formula is C14H23N3. The summed E-state index contributed by atoms with van der Waals surface area (Å²) in [7, 11) is 2.11. The minimum atomic E-state index is 0.662. The van der Waals surface area contributed by atoms with Crippen LogP contribution >= 0.6 is 0 Å². The Balaban J connectivity index is 1.94. The van der Waals surface area contributed by atoms with Crippen LogP contribution in [0.2, 0.25) is 0 Å². The molecule has 1 N–H and O–H groups in total. The lowest BCUT2D eigenvalue weighted by Crippen LogP contribution is -2.24. The van der Waals surface area contributed by atoms with Crippen LogP contribution in [0.4, 0.5) is 5.82 Å². The van der Waals surface area contributed by atoms with E-state index in [1.54, 1.807) is 0 Å². The van der Waals surface area contributed by atoms with Gasteiger partial charge in [0.15, 0.2) is 0 Å². The average Bonchev–Trinajstić information content (AvgIpc) is 3.10. The Morgan fingerprint density at radius 2 is 2.24 bits per heavy atom. The number of hydrogen-bond donors (Lipinski definition) is 1. The smallest absolute Gasteiger partial charge is 0.128 e. The van der Waals surface area contributed by atoms with Gasteiger partial charge in [-0.05, 0) is 36.5 Å². The van der Waals surface area contributed by atoms with Gasteiger partial charge in [0.25, 0.3) is 0 Å². The van der Waals surface area contributed by atoms with Crippen molar-refractivity contribution in [1.82, 2.24) is 10.3 Å². The second-order valence-electron chi connectivity index (χ2n) is 5.45. The first-order valence-corrected chi connectivity index (χ1v) is 6.54.